The second kappa shape index (κ2) is 11.9. The van der Waals surface area contributed by atoms with Gasteiger partial charge in [0.15, 0.2) is 5.78 Å². The summed E-state index contributed by atoms with van der Waals surface area (Å²) < 4.78 is 31.6. The number of hydrogen-bond acceptors (Lipinski definition) is 9. The number of aromatic nitrogens is 2. The molecule has 1 fully saturated rings. The third kappa shape index (κ3) is 5.76. The van der Waals surface area contributed by atoms with Gasteiger partial charge >= 0.3 is 5.63 Å². The Hall–Kier alpha value is -4.93. The molecule has 1 unspecified atom stereocenters. The highest BCUT2D eigenvalue weighted by Crippen LogP contribution is 2.33. The summed E-state index contributed by atoms with van der Waals surface area (Å²) in [5.41, 5.74) is 2.74. The van der Waals surface area contributed by atoms with E-state index in [1.807, 2.05) is 30.3 Å². The van der Waals surface area contributed by atoms with Crippen molar-refractivity contribution in [3.05, 3.63) is 112 Å². The molecule has 6 rings (SSSR count). The van der Waals surface area contributed by atoms with E-state index in [1.165, 1.54) is 19.1 Å². The van der Waals surface area contributed by atoms with E-state index in [1.54, 1.807) is 36.5 Å². The van der Waals surface area contributed by atoms with E-state index in [2.05, 4.69) is 20.6 Å². The van der Waals surface area contributed by atoms with Crippen molar-refractivity contribution in [3.63, 3.8) is 0 Å². The SMILES string of the molecule is CC(=O)c1c(C2CNCCO2)c2ccc(Nc3nccc(-c4ccc(F)cc4OCc4ccccc4)n3)cc2oc1=O. The van der Waals surface area contributed by atoms with Gasteiger partial charge in [-0.05, 0) is 42.8 Å². The largest absolute Gasteiger partial charge is 0.488 e. The first-order chi connectivity index (χ1) is 20.5. The van der Waals surface area contributed by atoms with Gasteiger partial charge < -0.3 is 24.5 Å². The van der Waals surface area contributed by atoms with Crippen molar-refractivity contribution in [3.8, 4) is 17.0 Å². The molecule has 0 radical (unpaired) electrons. The third-order valence-electron chi connectivity index (χ3n) is 6.92. The number of nitrogens with one attached hydrogen (secondary N) is 2. The van der Waals surface area contributed by atoms with E-state index in [9.17, 15) is 14.0 Å². The molecule has 1 aliphatic heterocycles. The van der Waals surface area contributed by atoms with Crippen LogP contribution in [0.2, 0.25) is 0 Å². The highest BCUT2D eigenvalue weighted by molar-refractivity contribution is 6.00. The van der Waals surface area contributed by atoms with Crippen LogP contribution in [0.5, 0.6) is 5.75 Å². The summed E-state index contributed by atoms with van der Waals surface area (Å²) in [6, 6.07) is 20.8. The van der Waals surface area contributed by atoms with Gasteiger partial charge in [0.05, 0.1) is 18.4 Å². The molecule has 0 spiro atoms. The number of Topliss-reactive ketones (excluding diaryl/α,β-unsaturated/α-hetero) is 1. The van der Waals surface area contributed by atoms with E-state index >= 15 is 0 Å². The van der Waals surface area contributed by atoms with Crippen molar-refractivity contribution in [2.45, 2.75) is 19.6 Å². The van der Waals surface area contributed by atoms with Crippen molar-refractivity contribution in [1.29, 1.82) is 0 Å². The van der Waals surface area contributed by atoms with Gasteiger partial charge in [0.25, 0.3) is 0 Å². The fraction of sp³-hybridized carbons (Fsp3) is 0.188. The van der Waals surface area contributed by atoms with Gasteiger partial charge in [0.1, 0.15) is 29.3 Å². The van der Waals surface area contributed by atoms with E-state index in [0.717, 1.165) is 5.56 Å². The van der Waals surface area contributed by atoms with Crippen molar-refractivity contribution < 1.29 is 23.1 Å². The number of benzene rings is 3. The Morgan fingerprint density at radius 1 is 1.12 bits per heavy atom. The van der Waals surface area contributed by atoms with Crippen LogP contribution in [0.25, 0.3) is 22.2 Å². The molecule has 10 heteroatoms. The third-order valence-corrected chi connectivity index (χ3v) is 6.92. The Morgan fingerprint density at radius 3 is 2.76 bits per heavy atom. The number of morpholine rings is 1. The minimum atomic E-state index is -0.714. The smallest absolute Gasteiger partial charge is 0.347 e. The van der Waals surface area contributed by atoms with Crippen LogP contribution < -0.4 is 21.0 Å². The highest BCUT2D eigenvalue weighted by atomic mass is 19.1. The summed E-state index contributed by atoms with van der Waals surface area (Å²) in [5, 5.41) is 6.99. The van der Waals surface area contributed by atoms with Gasteiger partial charge in [-0.2, -0.15) is 0 Å². The highest BCUT2D eigenvalue weighted by Gasteiger charge is 2.27. The van der Waals surface area contributed by atoms with Crippen LogP contribution in [0.3, 0.4) is 0 Å². The Kier molecular flexibility index (Phi) is 7.72. The summed E-state index contributed by atoms with van der Waals surface area (Å²) in [4.78, 5) is 34.2. The van der Waals surface area contributed by atoms with Crippen molar-refractivity contribution in [2.75, 3.05) is 25.0 Å². The predicted octanol–water partition coefficient (Wildman–Crippen LogP) is 5.58. The molecule has 3 heterocycles. The standard InChI is InChI=1S/C32H27FN4O5/c1-19(38)29-30(28-17-34-13-14-40-28)24-10-8-22(16-27(24)42-31(29)39)36-32-35-12-11-25(37-32)23-9-7-21(33)15-26(23)41-18-20-5-3-2-4-6-20/h2-12,15-16,28,34H,13-14,17-18H2,1H3,(H,35,36,37). The fourth-order valence-electron chi connectivity index (χ4n) is 4.98. The average molecular weight is 567 g/mol. The lowest BCUT2D eigenvalue weighted by atomic mass is 9.96. The molecule has 0 bridgehead atoms. The van der Waals surface area contributed by atoms with E-state index in [-0.39, 0.29) is 23.9 Å². The Balaban J connectivity index is 1.31. The molecule has 0 saturated carbocycles. The minimum Gasteiger partial charge on any atom is -0.488 e. The zero-order valence-electron chi connectivity index (χ0n) is 22.7. The van der Waals surface area contributed by atoms with Crippen molar-refractivity contribution in [1.82, 2.24) is 15.3 Å². The first kappa shape index (κ1) is 27.3. The number of ether oxygens (including phenoxy) is 2. The Labute approximate surface area is 240 Å². The monoisotopic (exact) mass is 566 g/mol. The van der Waals surface area contributed by atoms with Crippen LogP contribution in [-0.4, -0.2) is 35.4 Å². The van der Waals surface area contributed by atoms with Gasteiger partial charge in [0, 0.05) is 53.6 Å². The molecule has 2 aromatic heterocycles. The fourth-order valence-corrected chi connectivity index (χ4v) is 4.98. The maximum absolute atomic E-state index is 14.1. The molecule has 2 N–H and O–H groups in total. The molecular weight excluding hydrogens is 539 g/mol. The lowest BCUT2D eigenvalue weighted by Gasteiger charge is -2.26. The number of fused-ring (bicyclic) bond motifs is 1. The van der Waals surface area contributed by atoms with Gasteiger partial charge in [-0.3, -0.25) is 4.79 Å². The molecular formula is C32H27FN4O5. The van der Waals surface area contributed by atoms with Gasteiger partial charge in [-0.1, -0.05) is 30.3 Å². The van der Waals surface area contributed by atoms with Crippen molar-refractivity contribution >= 4 is 28.4 Å². The number of carbonyl (C=O) groups excluding carboxylic acids is 1. The van der Waals surface area contributed by atoms with Gasteiger partial charge in [0.2, 0.25) is 5.95 Å². The quantitative estimate of drug-likeness (QED) is 0.184. The lowest BCUT2D eigenvalue weighted by Crippen LogP contribution is -2.35. The molecule has 1 aliphatic rings. The number of ketones is 1. The lowest BCUT2D eigenvalue weighted by molar-refractivity contribution is 0.0277. The molecule has 1 saturated heterocycles. The summed E-state index contributed by atoms with van der Waals surface area (Å²) in [7, 11) is 0. The molecule has 1 atom stereocenters. The van der Waals surface area contributed by atoms with E-state index < -0.39 is 17.5 Å². The van der Waals surface area contributed by atoms with Crippen LogP contribution in [0.1, 0.15) is 34.5 Å². The summed E-state index contributed by atoms with van der Waals surface area (Å²) in [6.45, 7) is 3.24. The Morgan fingerprint density at radius 2 is 1.98 bits per heavy atom. The Bertz CT molecular complexity index is 1820. The number of anilines is 2. The molecule has 9 nitrogen and oxygen atoms in total. The predicted molar refractivity (Wildman–Crippen MR) is 156 cm³/mol. The molecule has 212 valence electrons. The number of halogens is 1. The van der Waals surface area contributed by atoms with E-state index in [4.69, 9.17) is 13.9 Å². The number of nitrogens with zero attached hydrogens (tertiary/aromatic N) is 2. The van der Waals surface area contributed by atoms with Gasteiger partial charge in [-0.15, -0.1) is 0 Å². The maximum atomic E-state index is 14.1. The second-order valence-corrected chi connectivity index (χ2v) is 9.81. The zero-order valence-corrected chi connectivity index (χ0v) is 22.7. The second-order valence-electron chi connectivity index (χ2n) is 9.81. The molecule has 3 aromatic carbocycles. The molecule has 0 aliphatic carbocycles. The minimum absolute atomic E-state index is 0.00229. The number of rotatable bonds is 8. The summed E-state index contributed by atoms with van der Waals surface area (Å²) in [5.74, 6) is -0.180. The molecule has 5 aromatic rings. The number of hydrogen-bond donors (Lipinski definition) is 2. The first-order valence-electron chi connectivity index (χ1n) is 13.5. The van der Waals surface area contributed by atoms with Crippen molar-refractivity contribution in [2.24, 2.45) is 0 Å². The van der Waals surface area contributed by atoms with Crippen LogP contribution in [0.4, 0.5) is 16.0 Å². The van der Waals surface area contributed by atoms with Crippen LogP contribution >= 0.6 is 0 Å². The molecule has 0 amide bonds. The summed E-state index contributed by atoms with van der Waals surface area (Å²) in [6.07, 6.45) is 1.12. The van der Waals surface area contributed by atoms with Crippen LogP contribution in [-0.2, 0) is 11.3 Å². The van der Waals surface area contributed by atoms with Crippen LogP contribution in [0, 0.1) is 5.82 Å². The van der Waals surface area contributed by atoms with E-state index in [0.29, 0.717) is 58.9 Å². The normalized spacial score (nSPS) is 15.0. The summed E-state index contributed by atoms with van der Waals surface area (Å²) >= 11 is 0. The average Bonchev–Trinajstić information content (AvgIpc) is 3.00. The molecule has 42 heavy (non-hydrogen) atoms. The first-order valence-corrected chi connectivity index (χ1v) is 13.5. The van der Waals surface area contributed by atoms with Crippen LogP contribution in [0.15, 0.2) is 88.2 Å². The number of carbonyl (C=O) groups is 1. The maximum Gasteiger partial charge on any atom is 0.347 e. The van der Waals surface area contributed by atoms with Gasteiger partial charge in [-0.25, -0.2) is 19.2 Å². The topological polar surface area (TPSA) is 116 Å². The zero-order chi connectivity index (χ0) is 29.1.